The number of carbonyl (C=O) groups excluding carboxylic acids is 1. The second-order valence-electron chi connectivity index (χ2n) is 4.20. The number of urea groups is 1. The van der Waals surface area contributed by atoms with Crippen molar-refractivity contribution in [2.45, 2.75) is 0 Å². The van der Waals surface area contributed by atoms with E-state index in [0.29, 0.717) is 16.7 Å². The highest BCUT2D eigenvalue weighted by Gasteiger charge is 2.21. The third kappa shape index (κ3) is 3.52. The Hall–Kier alpha value is -1.53. The lowest BCUT2D eigenvalue weighted by atomic mass is 10.2. The van der Waals surface area contributed by atoms with Gasteiger partial charge in [-0.25, -0.2) is 14.8 Å². The maximum absolute atomic E-state index is 12.1. The second kappa shape index (κ2) is 6.76. The maximum atomic E-state index is 12.1. The van der Waals surface area contributed by atoms with Crippen LogP contribution in [0.5, 0.6) is 0 Å². The fraction of sp³-hybridized carbons (Fsp3) is 0.308. The number of aliphatic imine (C=N–C) groups is 1. The SMILES string of the molecule is C=NC(=NN(C)C(=O)N1CCSC1)c1ccc(Cl)cc1. The lowest BCUT2D eigenvalue weighted by Gasteiger charge is -2.20. The van der Waals surface area contributed by atoms with Gasteiger partial charge in [-0.1, -0.05) is 11.6 Å². The van der Waals surface area contributed by atoms with Crippen molar-refractivity contribution in [2.75, 3.05) is 25.2 Å². The predicted octanol–water partition coefficient (Wildman–Crippen LogP) is 2.76. The van der Waals surface area contributed by atoms with Gasteiger partial charge in [-0.2, -0.15) is 0 Å². The monoisotopic (exact) mass is 310 g/mol. The van der Waals surface area contributed by atoms with Crippen LogP contribution in [0.4, 0.5) is 4.79 Å². The summed E-state index contributed by atoms with van der Waals surface area (Å²) in [6.07, 6.45) is 0. The van der Waals surface area contributed by atoms with Crippen molar-refractivity contribution in [3.05, 3.63) is 34.9 Å². The lowest BCUT2D eigenvalue weighted by molar-refractivity contribution is 0.177. The molecule has 20 heavy (non-hydrogen) atoms. The Morgan fingerprint density at radius 3 is 2.70 bits per heavy atom. The minimum Gasteiger partial charge on any atom is -0.313 e. The molecule has 0 bridgehead atoms. The maximum Gasteiger partial charge on any atom is 0.340 e. The van der Waals surface area contributed by atoms with Gasteiger partial charge in [0.1, 0.15) is 0 Å². The molecule has 1 aliphatic heterocycles. The van der Waals surface area contributed by atoms with E-state index >= 15 is 0 Å². The zero-order valence-electron chi connectivity index (χ0n) is 11.1. The Morgan fingerprint density at radius 2 is 2.15 bits per heavy atom. The molecule has 1 saturated heterocycles. The van der Waals surface area contributed by atoms with Crippen LogP contribution in [0.3, 0.4) is 0 Å². The molecular formula is C13H15ClN4OS. The van der Waals surface area contributed by atoms with Crippen LogP contribution in [0, 0.1) is 0 Å². The van der Waals surface area contributed by atoms with Crippen molar-refractivity contribution in [1.29, 1.82) is 0 Å². The first kappa shape index (κ1) is 14.9. The van der Waals surface area contributed by atoms with E-state index in [2.05, 4.69) is 16.8 Å². The molecule has 2 rings (SSSR count). The fourth-order valence-electron chi connectivity index (χ4n) is 1.73. The first-order chi connectivity index (χ1) is 9.61. The van der Waals surface area contributed by atoms with Crippen molar-refractivity contribution in [3.8, 4) is 0 Å². The molecule has 1 fully saturated rings. The van der Waals surface area contributed by atoms with E-state index in [4.69, 9.17) is 11.6 Å². The van der Waals surface area contributed by atoms with E-state index in [1.165, 1.54) is 5.01 Å². The summed E-state index contributed by atoms with van der Waals surface area (Å²) in [7, 11) is 1.62. The highest BCUT2D eigenvalue weighted by atomic mass is 35.5. The van der Waals surface area contributed by atoms with Gasteiger partial charge < -0.3 is 4.90 Å². The third-order valence-electron chi connectivity index (χ3n) is 2.80. The molecule has 0 saturated carbocycles. The van der Waals surface area contributed by atoms with Gasteiger partial charge in [-0.15, -0.1) is 16.9 Å². The molecule has 2 amide bonds. The van der Waals surface area contributed by atoms with E-state index < -0.39 is 0 Å². The summed E-state index contributed by atoms with van der Waals surface area (Å²) in [6.45, 7) is 4.25. The summed E-state index contributed by atoms with van der Waals surface area (Å²) < 4.78 is 0. The van der Waals surface area contributed by atoms with Gasteiger partial charge in [0.15, 0.2) is 5.84 Å². The summed E-state index contributed by atoms with van der Waals surface area (Å²) in [5.41, 5.74) is 0.764. The minimum atomic E-state index is -0.134. The number of nitrogens with zero attached hydrogens (tertiary/aromatic N) is 4. The first-order valence-electron chi connectivity index (χ1n) is 6.03. The largest absolute Gasteiger partial charge is 0.340 e. The van der Waals surface area contributed by atoms with Crippen LogP contribution in [-0.2, 0) is 0 Å². The van der Waals surface area contributed by atoms with Gasteiger partial charge in [-0.3, -0.25) is 0 Å². The van der Waals surface area contributed by atoms with Crippen molar-refractivity contribution >= 4 is 41.9 Å². The number of halogens is 1. The molecule has 0 atom stereocenters. The molecule has 7 heteroatoms. The molecule has 5 nitrogen and oxygen atoms in total. The zero-order valence-corrected chi connectivity index (χ0v) is 12.7. The van der Waals surface area contributed by atoms with Crippen molar-refractivity contribution in [2.24, 2.45) is 10.1 Å². The van der Waals surface area contributed by atoms with E-state index in [-0.39, 0.29) is 6.03 Å². The molecule has 1 aliphatic rings. The number of amides is 2. The van der Waals surface area contributed by atoms with Crippen LogP contribution in [0.25, 0.3) is 0 Å². The zero-order chi connectivity index (χ0) is 14.5. The smallest absolute Gasteiger partial charge is 0.313 e. The van der Waals surface area contributed by atoms with Crippen LogP contribution in [0.15, 0.2) is 34.4 Å². The summed E-state index contributed by atoms with van der Waals surface area (Å²) in [5.74, 6) is 2.06. The summed E-state index contributed by atoms with van der Waals surface area (Å²) >= 11 is 7.57. The third-order valence-corrected chi connectivity index (χ3v) is 4.01. The Morgan fingerprint density at radius 1 is 1.45 bits per heavy atom. The lowest BCUT2D eigenvalue weighted by Crippen LogP contribution is -2.37. The normalized spacial score (nSPS) is 15.3. The topological polar surface area (TPSA) is 48.3 Å². The van der Waals surface area contributed by atoms with Crippen LogP contribution in [0.1, 0.15) is 5.56 Å². The second-order valence-corrected chi connectivity index (χ2v) is 5.71. The number of hydrazone groups is 1. The molecule has 0 unspecified atom stereocenters. The molecular weight excluding hydrogens is 296 g/mol. The summed E-state index contributed by atoms with van der Waals surface area (Å²) in [5, 5.41) is 6.15. The van der Waals surface area contributed by atoms with E-state index in [1.54, 1.807) is 48.0 Å². The standard InChI is InChI=1S/C13H15ClN4OS/c1-15-12(10-3-5-11(14)6-4-10)16-17(2)13(19)18-7-8-20-9-18/h3-6H,1,7-9H2,2H3. The van der Waals surface area contributed by atoms with Gasteiger partial charge in [0.2, 0.25) is 0 Å². The average Bonchev–Trinajstić information content (AvgIpc) is 2.99. The molecule has 1 heterocycles. The first-order valence-corrected chi connectivity index (χ1v) is 7.56. The van der Waals surface area contributed by atoms with Crippen molar-refractivity contribution in [3.63, 3.8) is 0 Å². The highest BCUT2D eigenvalue weighted by Crippen LogP contribution is 2.16. The van der Waals surface area contributed by atoms with E-state index in [1.807, 2.05) is 0 Å². The van der Waals surface area contributed by atoms with Gasteiger partial charge in [0.25, 0.3) is 0 Å². The molecule has 106 valence electrons. The number of amidine groups is 1. The number of hydrogen-bond acceptors (Lipinski definition) is 3. The molecule has 0 N–H and O–H groups in total. The van der Waals surface area contributed by atoms with Gasteiger partial charge in [0, 0.05) is 29.9 Å². The number of hydrogen-bond donors (Lipinski definition) is 0. The minimum absolute atomic E-state index is 0.134. The van der Waals surface area contributed by atoms with Gasteiger partial charge >= 0.3 is 6.03 Å². The molecule has 0 aliphatic carbocycles. The quantitative estimate of drug-likeness (QED) is 0.479. The molecule has 1 aromatic rings. The van der Waals surface area contributed by atoms with Crippen LogP contribution in [0.2, 0.25) is 5.02 Å². The number of carbonyl (C=O) groups is 1. The van der Waals surface area contributed by atoms with Gasteiger partial charge in [0.05, 0.1) is 5.88 Å². The van der Waals surface area contributed by atoms with Crippen LogP contribution < -0.4 is 0 Å². The fourth-order valence-corrected chi connectivity index (χ4v) is 2.80. The van der Waals surface area contributed by atoms with Crippen molar-refractivity contribution < 1.29 is 4.79 Å². The van der Waals surface area contributed by atoms with E-state index in [0.717, 1.165) is 17.9 Å². The summed E-state index contributed by atoms with van der Waals surface area (Å²) in [6, 6.07) is 6.94. The predicted molar refractivity (Wildman–Crippen MR) is 84.7 cm³/mol. The van der Waals surface area contributed by atoms with Crippen LogP contribution >= 0.6 is 23.4 Å². The number of thioether (sulfide) groups is 1. The number of benzene rings is 1. The molecule has 1 aromatic carbocycles. The van der Waals surface area contributed by atoms with Crippen LogP contribution in [-0.4, -0.2) is 53.7 Å². The average molecular weight is 311 g/mol. The Balaban J connectivity index is 2.15. The Bertz CT molecular complexity index is 526. The molecule has 0 radical (unpaired) electrons. The highest BCUT2D eigenvalue weighted by molar-refractivity contribution is 7.99. The number of rotatable bonds is 2. The summed E-state index contributed by atoms with van der Waals surface area (Å²) in [4.78, 5) is 17.8. The Labute approximate surface area is 127 Å². The van der Waals surface area contributed by atoms with E-state index in [9.17, 15) is 4.79 Å². The molecule has 0 spiro atoms. The van der Waals surface area contributed by atoms with Gasteiger partial charge in [-0.05, 0) is 31.0 Å². The molecule has 0 aromatic heterocycles. The Kier molecular flexibility index (Phi) is 5.03. The van der Waals surface area contributed by atoms with Crippen molar-refractivity contribution in [1.82, 2.24) is 9.91 Å².